The van der Waals surface area contributed by atoms with Crippen molar-refractivity contribution in [2.75, 3.05) is 0 Å². The number of nitrogens with zero attached hydrogens (tertiary/aromatic N) is 2. The van der Waals surface area contributed by atoms with E-state index in [0.717, 1.165) is 13.1 Å². The van der Waals surface area contributed by atoms with Gasteiger partial charge in [0.2, 0.25) is 0 Å². The number of aromatic nitrogens is 2. The molecule has 0 unspecified atom stereocenters. The van der Waals surface area contributed by atoms with Crippen molar-refractivity contribution in [3.8, 4) is 100 Å². The summed E-state index contributed by atoms with van der Waals surface area (Å²) in [4.78, 5) is 0. The highest BCUT2D eigenvalue weighted by atomic mass is 15.0. The van der Waals surface area contributed by atoms with Gasteiger partial charge in [-0.05, 0) is 221 Å². The van der Waals surface area contributed by atoms with E-state index >= 15 is 0 Å². The minimum atomic E-state index is 0.952. The molecule has 2 heteroatoms. The van der Waals surface area contributed by atoms with Crippen molar-refractivity contribution in [1.82, 2.24) is 9.13 Å². The molecule has 0 aliphatic carbocycles. The Morgan fingerprint density at radius 3 is 0.606 bits per heavy atom. The molecule has 0 spiro atoms. The highest BCUT2D eigenvalue weighted by molar-refractivity contribution is 6.23. The molecule has 2 heterocycles. The standard InChI is InChI=1S/C54H41N.C48H37N/c1-4-55-51-16-10-9-11-45(51)50-34-43(29-30-52(50)55)39-23-27-42(28-24-39)54-48-14-7-5-12-46(48)53(47-13-6-8-15-49(47)54)41-25-21-38(22-26-41)37-17-19-40(20-18-37)44-32-35(2)31-36(3)33-44;1-4-49-45-16-10-9-11-39(45)44-30-37(25-26-46(44)49)33-17-21-35(22-18-33)47-40-12-5-7-14-42(40)48(43-15-8-6-13-41(43)47)36-23-19-34(20-24-36)38-28-31(2)27-32(3)29-38/h5-34H,4H2,1-3H3;5-30H,4H2,1-3H3. The van der Waals surface area contributed by atoms with Crippen LogP contribution in [0.1, 0.15) is 36.1 Å². The first kappa shape index (κ1) is 63.5. The number of benzene rings is 17. The summed E-state index contributed by atoms with van der Waals surface area (Å²) in [6.07, 6.45) is 0. The van der Waals surface area contributed by atoms with Gasteiger partial charge in [-0.15, -0.1) is 0 Å². The molecule has 0 atom stereocenters. The molecule has 2 aromatic heterocycles. The van der Waals surface area contributed by atoms with Gasteiger partial charge in [0.15, 0.2) is 0 Å². The lowest BCUT2D eigenvalue weighted by Crippen LogP contribution is -1.92. The van der Waals surface area contributed by atoms with E-state index in [9.17, 15) is 0 Å². The summed E-state index contributed by atoms with van der Waals surface area (Å²) in [5, 5.41) is 15.4. The van der Waals surface area contributed by atoms with Gasteiger partial charge in [0.25, 0.3) is 0 Å². The Balaban J connectivity index is 0.000000149. The average Bonchev–Trinajstić information content (AvgIpc) is 1.03. The summed E-state index contributed by atoms with van der Waals surface area (Å²) in [5.41, 5.74) is 32.8. The third-order valence-corrected chi connectivity index (χ3v) is 21.7. The van der Waals surface area contributed by atoms with Gasteiger partial charge in [-0.3, -0.25) is 0 Å². The zero-order valence-electron chi connectivity index (χ0n) is 59.6. The summed E-state index contributed by atoms with van der Waals surface area (Å²) < 4.78 is 4.83. The Hall–Kier alpha value is -12.6. The molecule has 496 valence electrons. The normalized spacial score (nSPS) is 11.6. The van der Waals surface area contributed by atoms with E-state index in [1.165, 1.54) is 209 Å². The second-order valence-electron chi connectivity index (χ2n) is 28.3. The average molecular weight is 1330 g/mol. The molecule has 0 amide bonds. The van der Waals surface area contributed by atoms with Gasteiger partial charge < -0.3 is 9.13 Å². The second-order valence-corrected chi connectivity index (χ2v) is 28.3. The molecule has 0 aliphatic heterocycles. The number of aryl methyl sites for hydroxylation is 6. The van der Waals surface area contributed by atoms with Crippen LogP contribution in [0, 0.1) is 27.7 Å². The summed E-state index contributed by atoms with van der Waals surface area (Å²) in [7, 11) is 0. The van der Waals surface area contributed by atoms with Crippen LogP contribution in [0.4, 0.5) is 0 Å². The quantitative estimate of drug-likeness (QED) is 0.114. The van der Waals surface area contributed by atoms with Gasteiger partial charge in [-0.25, -0.2) is 0 Å². The van der Waals surface area contributed by atoms with Crippen LogP contribution < -0.4 is 0 Å². The van der Waals surface area contributed by atoms with E-state index in [2.05, 4.69) is 390 Å². The third-order valence-electron chi connectivity index (χ3n) is 21.7. The maximum Gasteiger partial charge on any atom is 0.0491 e. The number of para-hydroxylation sites is 2. The molecule has 104 heavy (non-hydrogen) atoms. The minimum absolute atomic E-state index is 0.952. The summed E-state index contributed by atoms with van der Waals surface area (Å²) in [6.45, 7) is 15.0. The van der Waals surface area contributed by atoms with Crippen LogP contribution >= 0.6 is 0 Å². The van der Waals surface area contributed by atoms with Gasteiger partial charge in [0, 0.05) is 56.7 Å². The number of hydrogen-bond donors (Lipinski definition) is 0. The fourth-order valence-electron chi connectivity index (χ4n) is 17.1. The van der Waals surface area contributed by atoms with Crippen molar-refractivity contribution < 1.29 is 0 Å². The van der Waals surface area contributed by atoms with E-state index in [1.807, 2.05) is 0 Å². The molecule has 0 saturated heterocycles. The number of rotatable bonds is 11. The Morgan fingerprint density at radius 1 is 0.163 bits per heavy atom. The molecule has 19 aromatic rings. The highest BCUT2D eigenvalue weighted by Crippen LogP contribution is 2.47. The molecule has 0 aliphatic rings. The fourth-order valence-corrected chi connectivity index (χ4v) is 17.1. The maximum atomic E-state index is 2.41. The van der Waals surface area contributed by atoms with Crippen molar-refractivity contribution >= 4 is 86.7 Å². The predicted octanol–water partition coefficient (Wildman–Crippen LogP) is 28.5. The fraction of sp³-hybridized carbons (Fsp3) is 0.0784. The van der Waals surface area contributed by atoms with E-state index in [4.69, 9.17) is 0 Å². The molecular formula is C102H78N2. The molecule has 17 aromatic carbocycles. The van der Waals surface area contributed by atoms with Crippen LogP contribution in [0.3, 0.4) is 0 Å². The maximum absolute atomic E-state index is 2.41. The lowest BCUT2D eigenvalue weighted by atomic mass is 9.85. The van der Waals surface area contributed by atoms with Gasteiger partial charge in [-0.1, -0.05) is 326 Å². The van der Waals surface area contributed by atoms with E-state index in [1.54, 1.807) is 0 Å². The molecule has 19 rings (SSSR count). The summed E-state index contributed by atoms with van der Waals surface area (Å²) in [5.74, 6) is 0. The van der Waals surface area contributed by atoms with Crippen molar-refractivity contribution in [2.24, 2.45) is 0 Å². The predicted molar refractivity (Wildman–Crippen MR) is 448 cm³/mol. The van der Waals surface area contributed by atoms with E-state index in [0.29, 0.717) is 0 Å². The van der Waals surface area contributed by atoms with Crippen LogP contribution in [0.5, 0.6) is 0 Å². The topological polar surface area (TPSA) is 9.86 Å². The zero-order chi connectivity index (χ0) is 70.1. The Bertz CT molecular complexity index is 6380. The van der Waals surface area contributed by atoms with Gasteiger partial charge in [-0.2, -0.15) is 0 Å². The van der Waals surface area contributed by atoms with Crippen LogP contribution in [-0.2, 0) is 13.1 Å². The number of hydrogen-bond acceptors (Lipinski definition) is 0. The Morgan fingerprint density at radius 2 is 0.356 bits per heavy atom. The SMILES string of the molecule is CCn1c2ccccc2c2cc(-c3ccc(-c4c5ccccc5c(-c5ccc(-c6cc(C)cc(C)c6)cc5)c5ccccc45)cc3)ccc21.CCn1c2ccccc2c2cc(-c3ccc(-c4c5ccccc5c(-c5ccc(-c6ccc(-c7cc(C)cc(C)c7)cc6)cc5)c5ccccc45)cc3)ccc21. The molecule has 0 saturated carbocycles. The van der Waals surface area contributed by atoms with Gasteiger partial charge >= 0.3 is 0 Å². The van der Waals surface area contributed by atoms with E-state index in [-0.39, 0.29) is 0 Å². The largest absolute Gasteiger partial charge is 0.341 e. The highest BCUT2D eigenvalue weighted by Gasteiger charge is 2.21. The van der Waals surface area contributed by atoms with Crippen LogP contribution in [0.25, 0.3) is 187 Å². The summed E-state index contributed by atoms with van der Waals surface area (Å²) in [6, 6.07) is 126. The molecular weight excluding hydrogens is 1250 g/mol. The number of fused-ring (bicyclic) bond motifs is 10. The lowest BCUT2D eigenvalue weighted by Gasteiger charge is -2.18. The first-order valence-corrected chi connectivity index (χ1v) is 36.7. The van der Waals surface area contributed by atoms with Gasteiger partial charge in [0.1, 0.15) is 0 Å². The third kappa shape index (κ3) is 11.2. The zero-order valence-corrected chi connectivity index (χ0v) is 59.6. The van der Waals surface area contributed by atoms with Gasteiger partial charge in [0.05, 0.1) is 0 Å². The molecule has 0 fully saturated rings. The lowest BCUT2D eigenvalue weighted by molar-refractivity contribution is 0.827. The minimum Gasteiger partial charge on any atom is -0.341 e. The summed E-state index contributed by atoms with van der Waals surface area (Å²) >= 11 is 0. The first-order valence-electron chi connectivity index (χ1n) is 36.7. The molecule has 2 nitrogen and oxygen atoms in total. The Labute approximate surface area is 608 Å². The van der Waals surface area contributed by atoms with Crippen molar-refractivity contribution in [2.45, 2.75) is 54.6 Å². The van der Waals surface area contributed by atoms with Crippen molar-refractivity contribution in [3.63, 3.8) is 0 Å². The van der Waals surface area contributed by atoms with Crippen molar-refractivity contribution in [3.05, 3.63) is 362 Å². The molecule has 0 N–H and O–H groups in total. The first-order chi connectivity index (χ1) is 51.1. The second kappa shape index (κ2) is 26.4. The van der Waals surface area contributed by atoms with Crippen LogP contribution in [0.15, 0.2) is 340 Å². The smallest absolute Gasteiger partial charge is 0.0491 e. The molecule has 0 radical (unpaired) electrons. The van der Waals surface area contributed by atoms with E-state index < -0.39 is 0 Å². The Kier molecular flexibility index (Phi) is 16.1. The van der Waals surface area contributed by atoms with Crippen molar-refractivity contribution in [1.29, 1.82) is 0 Å². The van der Waals surface area contributed by atoms with Crippen LogP contribution in [0.2, 0.25) is 0 Å². The van der Waals surface area contributed by atoms with Crippen LogP contribution in [-0.4, -0.2) is 9.13 Å². The monoisotopic (exact) mass is 1330 g/mol. The molecule has 0 bridgehead atoms.